The van der Waals surface area contributed by atoms with Crippen molar-refractivity contribution in [1.82, 2.24) is 34.1 Å². The first kappa shape index (κ1) is 34.2. The van der Waals surface area contributed by atoms with Gasteiger partial charge in [-0.25, -0.2) is 33.0 Å². The first-order chi connectivity index (χ1) is 24.6. The van der Waals surface area contributed by atoms with Crippen molar-refractivity contribution in [2.24, 2.45) is 0 Å². The van der Waals surface area contributed by atoms with Gasteiger partial charge in [0.1, 0.15) is 22.4 Å². The lowest BCUT2D eigenvalue weighted by Gasteiger charge is -2.20. The van der Waals surface area contributed by atoms with Crippen LogP contribution in [0.3, 0.4) is 0 Å². The predicted octanol–water partition coefficient (Wildman–Crippen LogP) is 4.79. The van der Waals surface area contributed by atoms with Crippen molar-refractivity contribution in [3.63, 3.8) is 0 Å². The van der Waals surface area contributed by atoms with Crippen molar-refractivity contribution < 1.29 is 27.8 Å². The normalized spacial score (nSPS) is 17.0. The van der Waals surface area contributed by atoms with Gasteiger partial charge in [0.25, 0.3) is 0 Å². The molecule has 2 aliphatic carbocycles. The molecule has 1 aliphatic heterocycles. The first-order valence-electron chi connectivity index (χ1n) is 16.7. The van der Waals surface area contributed by atoms with Gasteiger partial charge in [0.05, 0.1) is 36.2 Å². The molecule has 17 heteroatoms. The van der Waals surface area contributed by atoms with Gasteiger partial charge in [-0.1, -0.05) is 16.8 Å². The molecule has 3 fully saturated rings. The summed E-state index contributed by atoms with van der Waals surface area (Å²) in [6.07, 6.45) is 10.8. The van der Waals surface area contributed by atoms with Gasteiger partial charge in [0.2, 0.25) is 10.9 Å². The molecule has 3 aliphatic rings. The molecule has 1 atom stereocenters. The van der Waals surface area contributed by atoms with Crippen LogP contribution in [0, 0.1) is 11.6 Å². The molecule has 1 saturated heterocycles. The van der Waals surface area contributed by atoms with E-state index in [1.165, 1.54) is 18.5 Å². The number of nitrogens with zero attached hydrogens (tertiary/aromatic N) is 8. The molecule has 6 heterocycles. The Labute approximate surface area is 293 Å². The van der Waals surface area contributed by atoms with Crippen LogP contribution in [0.1, 0.15) is 84.8 Å². The fourth-order valence-electron chi connectivity index (χ4n) is 6.22. The topological polar surface area (TPSA) is 156 Å². The summed E-state index contributed by atoms with van der Waals surface area (Å²) >= 11 is 5.70. The largest absolute Gasteiger partial charge is 0.462 e. The highest BCUT2D eigenvalue weighted by molar-refractivity contribution is 6.29. The number of rotatable bonds is 8. The average molecular weight is 723 g/mol. The molecule has 0 bridgehead atoms. The Hall–Kier alpha value is -5.25. The lowest BCUT2D eigenvalue weighted by Crippen LogP contribution is -2.25. The minimum Gasteiger partial charge on any atom is -0.462 e. The maximum Gasteiger partial charge on any atom is 0.343 e. The monoisotopic (exact) mass is 722 g/mol. The number of hydrogen-bond acceptors (Lipinski definition) is 11. The van der Waals surface area contributed by atoms with E-state index >= 15 is 4.39 Å². The number of carbonyl (C=O) groups is 2. The highest BCUT2D eigenvalue weighted by Crippen LogP contribution is 2.38. The van der Waals surface area contributed by atoms with Crippen molar-refractivity contribution in [2.75, 3.05) is 31.2 Å². The molecule has 5 aromatic rings. The standard InChI is InChI=1S/C20H21FN6O3.C14H12ClFN2O3/c1-2-30-20(29)15-11-26(12-3-4-12)18-14(17(15)28)9-16(21)19(23-18)25-7-5-13(10-25)27-8-6-22-24-27;1-2-21-14(20)9-6-18(7-3-4-7)13-8(11(9)19)5-10(16)12(15)17-13/h6,8-9,11-13H,2-5,7,10H2,1H3;5-7H,2-4H2,1H3/t13-;/m0./s1. The van der Waals surface area contributed by atoms with E-state index in [9.17, 15) is 23.6 Å². The van der Waals surface area contributed by atoms with Crippen LogP contribution in [0.4, 0.5) is 14.6 Å². The Morgan fingerprint density at radius 2 is 1.37 bits per heavy atom. The number of aromatic nitrogens is 7. The minimum absolute atomic E-state index is 0.0364. The number of carbonyl (C=O) groups excluding carboxylic acids is 2. The lowest BCUT2D eigenvalue weighted by atomic mass is 10.2. The molecule has 14 nitrogen and oxygen atoms in total. The Balaban J connectivity index is 0.000000170. The third-order valence-corrected chi connectivity index (χ3v) is 9.27. The lowest BCUT2D eigenvalue weighted by molar-refractivity contribution is 0.0514. The summed E-state index contributed by atoms with van der Waals surface area (Å²) in [5.74, 6) is -2.57. The predicted molar refractivity (Wildman–Crippen MR) is 181 cm³/mol. The van der Waals surface area contributed by atoms with Crippen LogP contribution in [-0.4, -0.2) is 72.3 Å². The molecule has 266 valence electrons. The van der Waals surface area contributed by atoms with Gasteiger partial charge >= 0.3 is 11.9 Å². The number of anilines is 1. The van der Waals surface area contributed by atoms with Crippen molar-refractivity contribution in [2.45, 2.75) is 64.1 Å². The van der Waals surface area contributed by atoms with Crippen molar-refractivity contribution in [3.05, 3.63) is 85.3 Å². The van der Waals surface area contributed by atoms with Crippen LogP contribution in [0.2, 0.25) is 5.15 Å². The summed E-state index contributed by atoms with van der Waals surface area (Å²) in [6.45, 7) is 4.82. The van der Waals surface area contributed by atoms with Crippen LogP contribution < -0.4 is 15.8 Å². The van der Waals surface area contributed by atoms with Crippen LogP contribution in [0.25, 0.3) is 22.1 Å². The van der Waals surface area contributed by atoms with Gasteiger partial charge in [0, 0.05) is 43.8 Å². The quantitative estimate of drug-likeness (QED) is 0.160. The molecule has 51 heavy (non-hydrogen) atoms. The number of fused-ring (bicyclic) bond motifs is 2. The third kappa shape index (κ3) is 6.67. The molecule has 0 unspecified atom stereocenters. The molecular formula is C34H33ClF2N8O6. The molecule has 8 rings (SSSR count). The fourth-order valence-corrected chi connectivity index (χ4v) is 6.35. The van der Waals surface area contributed by atoms with E-state index in [0.717, 1.165) is 38.2 Å². The minimum atomic E-state index is -0.787. The molecule has 0 radical (unpaired) electrons. The average Bonchev–Trinajstić information content (AvgIpc) is 4.03. The smallest absolute Gasteiger partial charge is 0.343 e. The summed E-state index contributed by atoms with van der Waals surface area (Å²) in [7, 11) is 0. The molecule has 0 amide bonds. The van der Waals surface area contributed by atoms with Gasteiger partial charge in [-0.05, 0) is 58.1 Å². The first-order valence-corrected chi connectivity index (χ1v) is 17.1. The second-order valence-electron chi connectivity index (χ2n) is 12.5. The van der Waals surface area contributed by atoms with E-state index in [1.807, 2.05) is 9.47 Å². The van der Waals surface area contributed by atoms with E-state index in [1.54, 1.807) is 35.5 Å². The fraction of sp³-hybridized carbons (Fsp3) is 0.412. The maximum absolute atomic E-state index is 15.0. The van der Waals surface area contributed by atoms with E-state index in [2.05, 4.69) is 20.3 Å². The van der Waals surface area contributed by atoms with E-state index in [-0.39, 0.29) is 64.2 Å². The number of halogens is 3. The van der Waals surface area contributed by atoms with Gasteiger partial charge < -0.3 is 23.5 Å². The summed E-state index contributed by atoms with van der Waals surface area (Å²) in [5, 5.41) is 7.71. The van der Waals surface area contributed by atoms with Gasteiger partial charge in [0.15, 0.2) is 22.6 Å². The highest BCUT2D eigenvalue weighted by Gasteiger charge is 2.32. The van der Waals surface area contributed by atoms with Crippen LogP contribution in [0.5, 0.6) is 0 Å². The van der Waals surface area contributed by atoms with Crippen LogP contribution >= 0.6 is 11.6 Å². The molecule has 5 aromatic heterocycles. The zero-order valence-corrected chi connectivity index (χ0v) is 28.5. The molecule has 2 saturated carbocycles. The van der Waals surface area contributed by atoms with Gasteiger partial charge in [-0.2, -0.15) is 0 Å². The number of ether oxygens (including phenoxy) is 2. The van der Waals surface area contributed by atoms with Gasteiger partial charge in [-0.3, -0.25) is 9.59 Å². The maximum atomic E-state index is 15.0. The summed E-state index contributed by atoms with van der Waals surface area (Å²) in [5.41, 5.74) is -0.654. The van der Waals surface area contributed by atoms with E-state index in [0.29, 0.717) is 24.4 Å². The SMILES string of the molecule is CCOC(=O)c1cn(C2CC2)c2nc(Cl)c(F)cc2c1=O.CCOC(=O)c1cn(C2CC2)c2nc(N3CC[C@H](n4ccnn4)C3)c(F)cc2c1=O. The Morgan fingerprint density at radius 3 is 1.88 bits per heavy atom. The van der Waals surface area contributed by atoms with Crippen LogP contribution in [-0.2, 0) is 9.47 Å². The highest BCUT2D eigenvalue weighted by atomic mass is 35.5. The summed E-state index contributed by atoms with van der Waals surface area (Å²) in [4.78, 5) is 59.7. The number of hydrogen-bond donors (Lipinski definition) is 0. The van der Waals surface area contributed by atoms with E-state index in [4.69, 9.17) is 21.1 Å². The van der Waals surface area contributed by atoms with Crippen LogP contribution in [0.15, 0.2) is 46.5 Å². The Morgan fingerprint density at radius 1 is 0.824 bits per heavy atom. The van der Waals surface area contributed by atoms with Gasteiger partial charge in [-0.15, -0.1) is 5.10 Å². The summed E-state index contributed by atoms with van der Waals surface area (Å²) < 4.78 is 43.8. The Kier molecular flexibility index (Phi) is 9.26. The molecule has 0 aromatic carbocycles. The molecular weight excluding hydrogens is 690 g/mol. The van der Waals surface area contributed by atoms with Crippen molar-refractivity contribution in [1.29, 1.82) is 0 Å². The zero-order valence-electron chi connectivity index (χ0n) is 27.7. The third-order valence-electron chi connectivity index (χ3n) is 9.00. The zero-order chi connectivity index (χ0) is 36.0. The summed E-state index contributed by atoms with van der Waals surface area (Å²) in [6, 6.07) is 2.60. The van der Waals surface area contributed by atoms with E-state index < -0.39 is 34.4 Å². The molecule has 0 N–H and O–H groups in total. The second kappa shape index (κ2) is 13.8. The second-order valence-corrected chi connectivity index (χ2v) is 12.9. The van der Waals surface area contributed by atoms with Crippen molar-refractivity contribution >= 4 is 51.4 Å². The number of pyridine rings is 4. The Bertz CT molecular complexity index is 2290. The molecule has 0 spiro atoms. The number of esters is 2. The van der Waals surface area contributed by atoms with Crippen molar-refractivity contribution in [3.8, 4) is 0 Å².